The molecule has 5 nitrogen and oxygen atoms in total. The van der Waals surface area contributed by atoms with E-state index in [0.29, 0.717) is 16.3 Å². The first-order valence-electron chi connectivity index (χ1n) is 12.6. The molecule has 1 heterocycles. The molecule has 0 aliphatic rings. The molecule has 200 valence electrons. The summed E-state index contributed by atoms with van der Waals surface area (Å²) in [6.45, 7) is 3.80. The van der Waals surface area contributed by atoms with Crippen molar-refractivity contribution in [3.63, 3.8) is 0 Å². The molecule has 1 aromatic heterocycles. The molecule has 0 bridgehead atoms. The maximum Gasteiger partial charge on any atom is 0.195 e. The topological polar surface area (TPSA) is 85.3 Å². The summed E-state index contributed by atoms with van der Waals surface area (Å²) < 4.78 is 53.8. The molecule has 5 aromatic rings. The highest BCUT2D eigenvalue weighted by atomic mass is 32.2. The van der Waals surface area contributed by atoms with Gasteiger partial charge in [0.05, 0.1) is 21.3 Å². The zero-order valence-corrected chi connectivity index (χ0v) is 24.1. The molecule has 5 rings (SSSR count). The summed E-state index contributed by atoms with van der Waals surface area (Å²) >= 11 is 1.46. The predicted octanol–water partition coefficient (Wildman–Crippen LogP) is 6.06. The van der Waals surface area contributed by atoms with Gasteiger partial charge in [0.25, 0.3) is 0 Å². The number of hydrogen-bond acceptors (Lipinski definition) is 6. The minimum Gasteiger partial charge on any atom is -0.289 e. The average Bonchev–Trinajstić information content (AvgIpc) is 2.92. The first kappa shape index (κ1) is 27.2. The Balaban J connectivity index is 1.54. The van der Waals surface area contributed by atoms with Gasteiger partial charge in [-0.1, -0.05) is 53.6 Å². The van der Waals surface area contributed by atoms with Crippen LogP contribution in [0.15, 0.2) is 99.5 Å². The monoisotopic (exact) mass is 576 g/mol. The highest BCUT2D eigenvalue weighted by molar-refractivity contribution is 7.91. The second-order valence-corrected chi connectivity index (χ2v) is 15.1. The lowest BCUT2D eigenvalue weighted by Gasteiger charge is -2.12. The van der Waals surface area contributed by atoms with E-state index in [4.69, 9.17) is 0 Å². The quantitative estimate of drug-likeness (QED) is 0.210. The van der Waals surface area contributed by atoms with E-state index in [2.05, 4.69) is 0 Å². The minimum atomic E-state index is -3.55. The van der Waals surface area contributed by atoms with E-state index in [1.807, 2.05) is 38.1 Å². The normalized spacial score (nSPS) is 12.3. The van der Waals surface area contributed by atoms with Crippen molar-refractivity contribution in [2.45, 2.75) is 36.5 Å². The van der Waals surface area contributed by atoms with Gasteiger partial charge < -0.3 is 0 Å². The molecule has 0 aliphatic carbocycles. The van der Waals surface area contributed by atoms with Crippen molar-refractivity contribution < 1.29 is 16.8 Å². The smallest absolute Gasteiger partial charge is 0.195 e. The van der Waals surface area contributed by atoms with Gasteiger partial charge in [-0.05, 0) is 80.3 Å². The van der Waals surface area contributed by atoms with Crippen molar-refractivity contribution in [1.29, 1.82) is 0 Å². The van der Waals surface area contributed by atoms with Crippen molar-refractivity contribution in [1.82, 2.24) is 0 Å². The molecule has 39 heavy (non-hydrogen) atoms. The molecular formula is C31H28O5S3. The second kappa shape index (κ2) is 10.7. The molecule has 0 N–H and O–H groups in total. The third-order valence-electron chi connectivity index (χ3n) is 6.87. The third-order valence-corrected chi connectivity index (χ3v) is 11.6. The van der Waals surface area contributed by atoms with E-state index in [9.17, 15) is 21.6 Å². The Kier molecular flexibility index (Phi) is 7.46. The molecular weight excluding hydrogens is 549 g/mol. The highest BCUT2D eigenvalue weighted by Crippen LogP contribution is 2.30. The summed E-state index contributed by atoms with van der Waals surface area (Å²) in [5.41, 5.74) is 3.25. The van der Waals surface area contributed by atoms with Crippen LogP contribution < -0.4 is 5.43 Å². The van der Waals surface area contributed by atoms with Gasteiger partial charge in [0, 0.05) is 20.2 Å². The maximum absolute atomic E-state index is 13.5. The van der Waals surface area contributed by atoms with E-state index in [-0.39, 0.29) is 39.6 Å². The number of aryl methyl sites for hydroxylation is 4. The fraction of sp³-hybridized carbons (Fsp3) is 0.194. The Hall–Kier alpha value is -3.33. The van der Waals surface area contributed by atoms with Crippen LogP contribution in [0.25, 0.3) is 20.2 Å². The molecule has 0 fully saturated rings. The lowest BCUT2D eigenvalue weighted by Crippen LogP contribution is -2.12. The van der Waals surface area contributed by atoms with Crippen LogP contribution in [0.2, 0.25) is 0 Å². The van der Waals surface area contributed by atoms with Gasteiger partial charge >= 0.3 is 0 Å². The molecule has 4 aromatic carbocycles. The number of hydrogen-bond donors (Lipinski definition) is 0. The first-order chi connectivity index (χ1) is 18.5. The maximum atomic E-state index is 13.5. The largest absolute Gasteiger partial charge is 0.289 e. The van der Waals surface area contributed by atoms with Crippen LogP contribution >= 0.6 is 11.3 Å². The van der Waals surface area contributed by atoms with E-state index in [1.54, 1.807) is 60.7 Å². The molecule has 0 saturated carbocycles. The van der Waals surface area contributed by atoms with Crippen molar-refractivity contribution in [2.24, 2.45) is 0 Å². The SMILES string of the molecule is Cc1ccc(S(=O)(=O)CCc2cc(CCS(=O)(=O)c3ccc(C)cc3)c3sc4ccccc4c(=O)c3c2)cc1. The van der Waals surface area contributed by atoms with Gasteiger partial charge in [-0.2, -0.15) is 0 Å². The van der Waals surface area contributed by atoms with E-state index in [0.717, 1.165) is 26.1 Å². The first-order valence-corrected chi connectivity index (χ1v) is 16.7. The van der Waals surface area contributed by atoms with Gasteiger partial charge in [-0.3, -0.25) is 4.79 Å². The highest BCUT2D eigenvalue weighted by Gasteiger charge is 2.19. The van der Waals surface area contributed by atoms with Crippen LogP contribution in [-0.4, -0.2) is 28.3 Å². The van der Waals surface area contributed by atoms with Crippen LogP contribution in [0.4, 0.5) is 0 Å². The summed E-state index contributed by atoms with van der Waals surface area (Å²) in [5.74, 6) is -0.238. The molecule has 0 unspecified atom stereocenters. The van der Waals surface area contributed by atoms with E-state index in [1.165, 1.54) is 11.3 Å². The standard InChI is InChI=1S/C31H28O5S3/c1-21-7-11-25(12-8-21)38(33,34)17-15-23-19-24(16-18-39(35,36)26-13-9-22(2)10-14-26)31-28(20-23)30(32)27-5-3-4-6-29(27)37-31/h3-14,19-20H,15-18H2,1-2H3. The van der Waals surface area contributed by atoms with Crippen molar-refractivity contribution in [3.05, 3.63) is 117 Å². The van der Waals surface area contributed by atoms with Gasteiger partial charge in [-0.15, -0.1) is 11.3 Å². The minimum absolute atomic E-state index is 0.117. The number of rotatable bonds is 8. The van der Waals surface area contributed by atoms with Gasteiger partial charge in [0.2, 0.25) is 0 Å². The van der Waals surface area contributed by atoms with Crippen LogP contribution in [0.1, 0.15) is 22.3 Å². The summed E-state index contributed by atoms with van der Waals surface area (Å²) in [4.78, 5) is 14.0. The fourth-order valence-corrected chi connectivity index (χ4v) is 8.35. The zero-order valence-electron chi connectivity index (χ0n) is 21.7. The van der Waals surface area contributed by atoms with Crippen molar-refractivity contribution in [3.8, 4) is 0 Å². The molecule has 0 radical (unpaired) electrons. The average molecular weight is 577 g/mol. The fourth-order valence-electron chi connectivity index (χ4n) is 4.60. The zero-order chi connectivity index (χ0) is 27.8. The molecule has 0 aliphatic heterocycles. The molecule has 0 spiro atoms. The Bertz CT molecular complexity index is 1950. The van der Waals surface area contributed by atoms with Crippen molar-refractivity contribution in [2.75, 3.05) is 11.5 Å². The summed E-state index contributed by atoms with van der Waals surface area (Å²) in [6.07, 6.45) is 0.417. The summed E-state index contributed by atoms with van der Waals surface area (Å²) in [7, 11) is -7.09. The number of fused-ring (bicyclic) bond motifs is 2. The molecule has 0 saturated heterocycles. The molecule has 0 atom stereocenters. The third kappa shape index (κ3) is 5.83. The second-order valence-electron chi connectivity index (χ2n) is 9.82. The van der Waals surface area contributed by atoms with Crippen molar-refractivity contribution >= 4 is 51.2 Å². The Labute approximate surface area is 232 Å². The Morgan fingerprint density at radius 3 is 1.77 bits per heavy atom. The Morgan fingerprint density at radius 2 is 1.18 bits per heavy atom. The van der Waals surface area contributed by atoms with Crippen LogP contribution in [-0.2, 0) is 32.5 Å². The van der Waals surface area contributed by atoms with Crippen LogP contribution in [0.3, 0.4) is 0 Å². The number of sulfone groups is 2. The summed E-state index contributed by atoms with van der Waals surface area (Å²) in [6, 6.07) is 24.5. The molecule has 8 heteroatoms. The van der Waals surface area contributed by atoms with E-state index < -0.39 is 19.7 Å². The lowest BCUT2D eigenvalue weighted by atomic mass is 10.0. The van der Waals surface area contributed by atoms with Crippen LogP contribution in [0.5, 0.6) is 0 Å². The molecule has 0 amide bonds. The lowest BCUT2D eigenvalue weighted by molar-refractivity contribution is 0.594. The van der Waals surface area contributed by atoms with Crippen LogP contribution in [0, 0.1) is 13.8 Å². The summed E-state index contributed by atoms with van der Waals surface area (Å²) in [5, 5.41) is 1.09. The predicted molar refractivity (Wildman–Crippen MR) is 159 cm³/mol. The van der Waals surface area contributed by atoms with Gasteiger partial charge in [0.15, 0.2) is 25.1 Å². The number of benzene rings is 4. The van der Waals surface area contributed by atoms with Gasteiger partial charge in [-0.25, -0.2) is 16.8 Å². The van der Waals surface area contributed by atoms with E-state index >= 15 is 0 Å². The Morgan fingerprint density at radius 1 is 0.641 bits per heavy atom. The van der Waals surface area contributed by atoms with Gasteiger partial charge in [0.1, 0.15) is 0 Å².